The monoisotopic (exact) mass is 333 g/mol. The molecule has 1 atom stereocenters. The first-order chi connectivity index (χ1) is 11.6. The predicted molar refractivity (Wildman–Crippen MR) is 96.1 cm³/mol. The van der Waals surface area contributed by atoms with Gasteiger partial charge in [-0.25, -0.2) is 4.79 Å². The van der Waals surface area contributed by atoms with E-state index in [0.29, 0.717) is 5.92 Å². The average molecular weight is 333 g/mol. The van der Waals surface area contributed by atoms with Gasteiger partial charge in [-0.2, -0.15) is 5.10 Å². The van der Waals surface area contributed by atoms with Crippen LogP contribution >= 0.6 is 0 Å². The van der Waals surface area contributed by atoms with E-state index in [1.165, 1.54) is 32.4 Å². The molecule has 134 valence electrons. The summed E-state index contributed by atoms with van der Waals surface area (Å²) < 4.78 is 1.83. The van der Waals surface area contributed by atoms with Gasteiger partial charge in [0.1, 0.15) is 0 Å². The van der Waals surface area contributed by atoms with Gasteiger partial charge in [0.15, 0.2) is 0 Å². The van der Waals surface area contributed by atoms with Crippen LogP contribution in [0.25, 0.3) is 0 Å². The molecular weight excluding hydrogens is 302 g/mol. The summed E-state index contributed by atoms with van der Waals surface area (Å²) in [7, 11) is 0. The van der Waals surface area contributed by atoms with Gasteiger partial charge < -0.3 is 15.1 Å². The molecule has 0 bridgehead atoms. The zero-order chi connectivity index (χ0) is 16.9. The highest BCUT2D eigenvalue weighted by atomic mass is 16.2. The van der Waals surface area contributed by atoms with Crippen LogP contribution < -0.4 is 5.32 Å². The van der Waals surface area contributed by atoms with Crippen molar-refractivity contribution in [1.29, 1.82) is 0 Å². The zero-order valence-electron chi connectivity index (χ0n) is 15.1. The topological polar surface area (TPSA) is 53.4 Å². The van der Waals surface area contributed by atoms with E-state index >= 15 is 0 Å². The summed E-state index contributed by atoms with van der Waals surface area (Å²) >= 11 is 0. The fourth-order valence-electron chi connectivity index (χ4n) is 3.81. The number of rotatable bonds is 4. The third-order valence-corrected chi connectivity index (χ3v) is 5.41. The van der Waals surface area contributed by atoms with E-state index in [1.54, 1.807) is 6.20 Å². The van der Waals surface area contributed by atoms with Crippen molar-refractivity contribution in [3.63, 3.8) is 0 Å². The highest BCUT2D eigenvalue weighted by Gasteiger charge is 2.26. The quantitative estimate of drug-likeness (QED) is 0.922. The lowest BCUT2D eigenvalue weighted by molar-refractivity contribution is 0.124. The number of likely N-dealkylation sites (tertiary alicyclic amines) is 2. The summed E-state index contributed by atoms with van der Waals surface area (Å²) in [4.78, 5) is 17.1. The second kappa shape index (κ2) is 8.01. The Labute approximate surface area is 145 Å². The van der Waals surface area contributed by atoms with E-state index in [2.05, 4.69) is 22.2 Å². The SMILES string of the molecule is CCn1cc(NC(=O)N2CCC[C@H](CN3CCC(C)CC3)C2)cn1. The Kier molecular flexibility index (Phi) is 5.76. The maximum Gasteiger partial charge on any atom is 0.321 e. The molecule has 2 amide bonds. The number of carbonyl (C=O) groups is 1. The molecule has 0 aliphatic carbocycles. The van der Waals surface area contributed by atoms with E-state index in [9.17, 15) is 4.79 Å². The highest BCUT2D eigenvalue weighted by Crippen LogP contribution is 2.22. The predicted octanol–water partition coefficient (Wildman–Crippen LogP) is 2.88. The minimum absolute atomic E-state index is 0.0163. The molecule has 0 aromatic carbocycles. The fourth-order valence-corrected chi connectivity index (χ4v) is 3.81. The van der Waals surface area contributed by atoms with Crippen LogP contribution in [0.2, 0.25) is 0 Å². The molecule has 3 heterocycles. The fraction of sp³-hybridized carbons (Fsp3) is 0.778. The number of anilines is 1. The van der Waals surface area contributed by atoms with Gasteiger partial charge in [-0.15, -0.1) is 0 Å². The first kappa shape index (κ1) is 17.3. The number of aryl methyl sites for hydroxylation is 1. The summed E-state index contributed by atoms with van der Waals surface area (Å²) in [6, 6.07) is 0.0163. The van der Waals surface area contributed by atoms with Crippen molar-refractivity contribution in [2.45, 2.75) is 46.1 Å². The van der Waals surface area contributed by atoms with Crippen LogP contribution in [0.15, 0.2) is 12.4 Å². The summed E-state index contributed by atoms with van der Waals surface area (Å²) in [6.07, 6.45) is 8.59. The molecule has 0 saturated carbocycles. The Hall–Kier alpha value is -1.56. The number of urea groups is 1. The lowest BCUT2D eigenvalue weighted by atomic mass is 9.94. The first-order valence-electron chi connectivity index (χ1n) is 9.44. The summed E-state index contributed by atoms with van der Waals surface area (Å²) in [5.74, 6) is 1.48. The van der Waals surface area contributed by atoms with Crippen molar-refractivity contribution < 1.29 is 4.79 Å². The lowest BCUT2D eigenvalue weighted by Crippen LogP contribution is -2.46. The van der Waals surface area contributed by atoms with Crippen molar-refractivity contribution in [2.75, 3.05) is 38.0 Å². The van der Waals surface area contributed by atoms with Gasteiger partial charge >= 0.3 is 6.03 Å². The minimum Gasteiger partial charge on any atom is -0.324 e. The second-order valence-electron chi connectivity index (χ2n) is 7.45. The van der Waals surface area contributed by atoms with Gasteiger partial charge in [0.25, 0.3) is 0 Å². The van der Waals surface area contributed by atoms with Crippen molar-refractivity contribution in [1.82, 2.24) is 19.6 Å². The average Bonchev–Trinajstić information content (AvgIpc) is 3.05. The van der Waals surface area contributed by atoms with E-state index in [1.807, 2.05) is 22.7 Å². The maximum absolute atomic E-state index is 12.5. The minimum atomic E-state index is 0.0163. The van der Waals surface area contributed by atoms with Crippen LogP contribution in [0.3, 0.4) is 0 Å². The summed E-state index contributed by atoms with van der Waals surface area (Å²) in [6.45, 7) is 10.5. The van der Waals surface area contributed by atoms with E-state index in [0.717, 1.165) is 44.2 Å². The molecule has 1 aromatic rings. The van der Waals surface area contributed by atoms with Crippen molar-refractivity contribution in [3.05, 3.63) is 12.4 Å². The lowest BCUT2D eigenvalue weighted by Gasteiger charge is -2.37. The largest absolute Gasteiger partial charge is 0.324 e. The van der Waals surface area contributed by atoms with Crippen LogP contribution in [0.5, 0.6) is 0 Å². The smallest absolute Gasteiger partial charge is 0.321 e. The molecule has 24 heavy (non-hydrogen) atoms. The van der Waals surface area contributed by atoms with Crippen molar-refractivity contribution in [2.24, 2.45) is 11.8 Å². The number of hydrogen-bond acceptors (Lipinski definition) is 3. The zero-order valence-corrected chi connectivity index (χ0v) is 15.1. The molecule has 0 unspecified atom stereocenters. The van der Waals surface area contributed by atoms with Gasteiger partial charge in [-0.3, -0.25) is 4.68 Å². The molecule has 6 nitrogen and oxygen atoms in total. The van der Waals surface area contributed by atoms with Crippen LogP contribution in [0.4, 0.5) is 10.5 Å². The molecule has 3 rings (SSSR count). The standard InChI is InChI=1S/C18H31N5O/c1-3-23-14-17(11-19-23)20-18(24)22-8-4-5-16(13-22)12-21-9-6-15(2)7-10-21/h11,14-16H,3-10,12-13H2,1-2H3,(H,20,24)/t16-/m1/s1. The number of carbonyl (C=O) groups excluding carboxylic acids is 1. The van der Waals surface area contributed by atoms with Crippen molar-refractivity contribution >= 4 is 11.7 Å². The number of amides is 2. The van der Waals surface area contributed by atoms with E-state index < -0.39 is 0 Å². The van der Waals surface area contributed by atoms with Crippen LogP contribution in [-0.4, -0.2) is 58.3 Å². The Morgan fingerprint density at radius 1 is 1.29 bits per heavy atom. The maximum atomic E-state index is 12.5. The molecule has 0 spiro atoms. The molecule has 0 radical (unpaired) electrons. The third-order valence-electron chi connectivity index (χ3n) is 5.41. The molecule has 2 aliphatic heterocycles. The third kappa shape index (κ3) is 4.50. The number of nitrogens with zero attached hydrogens (tertiary/aromatic N) is 4. The van der Waals surface area contributed by atoms with Crippen LogP contribution in [0.1, 0.15) is 39.5 Å². The Balaban J connectivity index is 1.48. The second-order valence-corrected chi connectivity index (χ2v) is 7.45. The highest BCUT2D eigenvalue weighted by molar-refractivity contribution is 5.89. The number of nitrogens with one attached hydrogen (secondary N) is 1. The Morgan fingerprint density at radius 3 is 2.79 bits per heavy atom. The molecule has 1 N–H and O–H groups in total. The Bertz CT molecular complexity index is 535. The first-order valence-corrected chi connectivity index (χ1v) is 9.44. The molecule has 2 saturated heterocycles. The summed E-state index contributed by atoms with van der Waals surface area (Å²) in [5.41, 5.74) is 0.786. The Morgan fingerprint density at radius 2 is 2.08 bits per heavy atom. The normalized spacial score (nSPS) is 23.4. The van der Waals surface area contributed by atoms with Gasteiger partial charge in [0.05, 0.1) is 11.9 Å². The van der Waals surface area contributed by atoms with E-state index in [-0.39, 0.29) is 6.03 Å². The summed E-state index contributed by atoms with van der Waals surface area (Å²) in [5, 5.41) is 7.19. The van der Waals surface area contributed by atoms with Gasteiger partial charge in [-0.1, -0.05) is 6.92 Å². The van der Waals surface area contributed by atoms with E-state index in [4.69, 9.17) is 0 Å². The van der Waals surface area contributed by atoms with Gasteiger partial charge in [0.2, 0.25) is 0 Å². The molecule has 2 aliphatic rings. The van der Waals surface area contributed by atoms with Crippen molar-refractivity contribution in [3.8, 4) is 0 Å². The van der Waals surface area contributed by atoms with Crippen LogP contribution in [0, 0.1) is 11.8 Å². The van der Waals surface area contributed by atoms with Gasteiger partial charge in [-0.05, 0) is 57.5 Å². The van der Waals surface area contributed by atoms with Gasteiger partial charge in [0, 0.05) is 32.4 Å². The number of piperidine rings is 2. The number of hydrogen-bond donors (Lipinski definition) is 1. The molecule has 6 heteroatoms. The molecule has 1 aromatic heterocycles. The van der Waals surface area contributed by atoms with Crippen LogP contribution in [-0.2, 0) is 6.54 Å². The number of aromatic nitrogens is 2. The molecular formula is C18H31N5O. The molecule has 2 fully saturated rings.